The Kier molecular flexibility index (Phi) is 8.34. The molecule has 178 valence electrons. The number of benzene rings is 2. The zero-order chi connectivity index (χ0) is 23.9. The van der Waals surface area contributed by atoms with Crippen molar-refractivity contribution in [3.8, 4) is 22.9 Å². The molecule has 34 heavy (non-hydrogen) atoms. The van der Waals surface area contributed by atoms with Gasteiger partial charge in [0.25, 0.3) is 5.56 Å². The molecule has 0 radical (unpaired) electrons. The quantitative estimate of drug-likeness (QED) is 0.222. The molecule has 0 saturated carbocycles. The van der Waals surface area contributed by atoms with Crippen molar-refractivity contribution >= 4 is 38.3 Å². The Labute approximate surface area is 211 Å². The van der Waals surface area contributed by atoms with Crippen molar-refractivity contribution in [2.24, 2.45) is 0 Å². The first-order valence-corrected chi connectivity index (χ1v) is 13.2. The summed E-state index contributed by atoms with van der Waals surface area (Å²) < 4.78 is 14.4. The molecule has 2 aromatic carbocycles. The third-order valence-corrected chi connectivity index (χ3v) is 7.01. The standard InChI is InChI=1S/C26H28BrN3O3S/c1-3-4-5-6-7-8-15-33-21-14-9-18(16-22(21)32-2)17-23-25(31)30-26(34-23)28-24(29-30)19-10-12-20(27)13-11-19/h9-14,16-17H,3-8,15H2,1-2H3/b23-17+. The van der Waals surface area contributed by atoms with Gasteiger partial charge in [-0.25, -0.2) is 0 Å². The summed E-state index contributed by atoms with van der Waals surface area (Å²) in [5, 5.41) is 4.41. The fraction of sp³-hybridized carbons (Fsp3) is 0.346. The van der Waals surface area contributed by atoms with Gasteiger partial charge in [-0.05, 0) is 42.3 Å². The second kappa shape index (κ2) is 11.6. The number of hydrogen-bond acceptors (Lipinski definition) is 6. The molecule has 8 heteroatoms. The predicted octanol–water partition coefficient (Wildman–Crippen LogP) is 5.88. The lowest BCUT2D eigenvalue weighted by Gasteiger charge is -2.11. The number of nitrogens with zero attached hydrogens (tertiary/aromatic N) is 3. The molecule has 0 N–H and O–H groups in total. The molecule has 0 unspecified atom stereocenters. The average Bonchev–Trinajstić information content (AvgIpc) is 3.38. The van der Waals surface area contributed by atoms with E-state index < -0.39 is 0 Å². The van der Waals surface area contributed by atoms with Crippen molar-refractivity contribution < 1.29 is 9.47 Å². The maximum atomic E-state index is 12.9. The van der Waals surface area contributed by atoms with Crippen LogP contribution in [0.15, 0.2) is 51.7 Å². The van der Waals surface area contributed by atoms with Gasteiger partial charge in [-0.2, -0.15) is 9.50 Å². The van der Waals surface area contributed by atoms with Crippen molar-refractivity contribution in [1.29, 1.82) is 0 Å². The molecule has 2 aromatic heterocycles. The lowest BCUT2D eigenvalue weighted by molar-refractivity contribution is 0.284. The van der Waals surface area contributed by atoms with Gasteiger partial charge in [0.05, 0.1) is 18.2 Å². The minimum absolute atomic E-state index is 0.182. The fourth-order valence-corrected chi connectivity index (χ4v) is 4.84. The van der Waals surface area contributed by atoms with E-state index in [9.17, 15) is 4.79 Å². The van der Waals surface area contributed by atoms with Crippen LogP contribution < -0.4 is 19.6 Å². The molecule has 4 rings (SSSR count). The summed E-state index contributed by atoms with van der Waals surface area (Å²) in [6, 6.07) is 13.4. The van der Waals surface area contributed by atoms with E-state index >= 15 is 0 Å². The van der Waals surface area contributed by atoms with Gasteiger partial charge in [-0.1, -0.05) is 84.5 Å². The highest BCUT2D eigenvalue weighted by molar-refractivity contribution is 9.10. The largest absolute Gasteiger partial charge is 0.493 e. The topological polar surface area (TPSA) is 65.7 Å². The molecule has 6 nitrogen and oxygen atoms in total. The van der Waals surface area contributed by atoms with E-state index in [0.29, 0.717) is 27.7 Å². The molecule has 0 bridgehead atoms. The van der Waals surface area contributed by atoms with E-state index in [1.165, 1.54) is 48.0 Å². The van der Waals surface area contributed by atoms with E-state index in [-0.39, 0.29) is 5.56 Å². The highest BCUT2D eigenvalue weighted by atomic mass is 79.9. The molecule has 2 heterocycles. The van der Waals surface area contributed by atoms with Gasteiger partial charge in [0.15, 0.2) is 17.3 Å². The highest BCUT2D eigenvalue weighted by Gasteiger charge is 2.12. The number of hydrogen-bond donors (Lipinski definition) is 0. The number of thiazole rings is 1. The fourth-order valence-electron chi connectivity index (χ4n) is 3.66. The number of aromatic nitrogens is 3. The molecule has 0 fully saturated rings. The second-order valence-electron chi connectivity index (χ2n) is 8.08. The minimum Gasteiger partial charge on any atom is -0.493 e. The van der Waals surface area contributed by atoms with Gasteiger partial charge >= 0.3 is 0 Å². The van der Waals surface area contributed by atoms with Gasteiger partial charge in [0.1, 0.15) is 0 Å². The van der Waals surface area contributed by atoms with Crippen LogP contribution in [0.1, 0.15) is 51.0 Å². The van der Waals surface area contributed by atoms with E-state index in [1.54, 1.807) is 7.11 Å². The first kappa shape index (κ1) is 24.4. The van der Waals surface area contributed by atoms with Crippen molar-refractivity contribution in [2.45, 2.75) is 45.4 Å². The number of ether oxygens (including phenoxy) is 2. The number of rotatable bonds is 11. The van der Waals surface area contributed by atoms with E-state index in [0.717, 1.165) is 27.8 Å². The molecule has 0 atom stereocenters. The molecule has 0 amide bonds. The lowest BCUT2D eigenvalue weighted by atomic mass is 10.1. The molecule has 0 aliphatic heterocycles. The van der Waals surface area contributed by atoms with Crippen LogP contribution in [0.4, 0.5) is 0 Å². The number of halogens is 1. The maximum absolute atomic E-state index is 12.9. The summed E-state index contributed by atoms with van der Waals surface area (Å²) in [4.78, 5) is 18.0. The number of unbranched alkanes of at least 4 members (excludes halogenated alkanes) is 5. The molecule has 0 aliphatic rings. The van der Waals surface area contributed by atoms with Crippen LogP contribution in [-0.4, -0.2) is 28.3 Å². The van der Waals surface area contributed by atoms with Crippen LogP contribution in [0.3, 0.4) is 0 Å². The Hall–Kier alpha value is -2.71. The van der Waals surface area contributed by atoms with Crippen molar-refractivity contribution in [1.82, 2.24) is 14.6 Å². The van der Waals surface area contributed by atoms with Crippen LogP contribution in [0.5, 0.6) is 11.5 Å². The highest BCUT2D eigenvalue weighted by Crippen LogP contribution is 2.28. The summed E-state index contributed by atoms with van der Waals surface area (Å²) >= 11 is 4.74. The van der Waals surface area contributed by atoms with Crippen molar-refractivity contribution in [2.75, 3.05) is 13.7 Å². The van der Waals surface area contributed by atoms with Crippen LogP contribution in [0.25, 0.3) is 22.4 Å². The Balaban J connectivity index is 1.48. The Morgan fingerprint density at radius 3 is 2.53 bits per heavy atom. The normalized spacial score (nSPS) is 11.9. The Bertz CT molecular complexity index is 1350. The average molecular weight is 542 g/mol. The van der Waals surface area contributed by atoms with E-state index in [1.807, 2.05) is 48.5 Å². The zero-order valence-corrected chi connectivity index (χ0v) is 21.8. The monoisotopic (exact) mass is 541 g/mol. The van der Waals surface area contributed by atoms with Gasteiger partial charge < -0.3 is 9.47 Å². The number of methoxy groups -OCH3 is 1. The zero-order valence-electron chi connectivity index (χ0n) is 19.4. The van der Waals surface area contributed by atoms with Crippen molar-refractivity contribution in [3.05, 3.63) is 67.4 Å². The minimum atomic E-state index is -0.182. The summed E-state index contributed by atoms with van der Waals surface area (Å²) in [5.41, 5.74) is 1.54. The van der Waals surface area contributed by atoms with Crippen LogP contribution >= 0.6 is 27.3 Å². The first-order chi connectivity index (χ1) is 16.6. The summed E-state index contributed by atoms with van der Waals surface area (Å²) in [7, 11) is 1.63. The predicted molar refractivity (Wildman–Crippen MR) is 141 cm³/mol. The van der Waals surface area contributed by atoms with Gasteiger partial charge in [0.2, 0.25) is 4.96 Å². The summed E-state index contributed by atoms with van der Waals surface area (Å²) in [5.74, 6) is 1.91. The number of fused-ring (bicyclic) bond motifs is 1. The van der Waals surface area contributed by atoms with Crippen LogP contribution in [-0.2, 0) is 0 Å². The Morgan fingerprint density at radius 2 is 1.79 bits per heavy atom. The third-order valence-electron chi connectivity index (χ3n) is 5.53. The molecular formula is C26H28BrN3O3S. The SMILES string of the molecule is CCCCCCCCOc1ccc(/C=c2/sc3nc(-c4ccc(Br)cc4)nn3c2=O)cc1OC. The maximum Gasteiger partial charge on any atom is 0.291 e. The second-order valence-corrected chi connectivity index (χ2v) is 10.0. The molecule has 0 saturated heterocycles. The summed E-state index contributed by atoms with van der Waals surface area (Å²) in [6.07, 6.45) is 9.15. The van der Waals surface area contributed by atoms with Crippen LogP contribution in [0, 0.1) is 0 Å². The third kappa shape index (κ3) is 5.85. The lowest BCUT2D eigenvalue weighted by Crippen LogP contribution is -2.23. The first-order valence-electron chi connectivity index (χ1n) is 11.6. The van der Waals surface area contributed by atoms with Crippen LogP contribution in [0.2, 0.25) is 0 Å². The molecule has 0 aliphatic carbocycles. The molecule has 0 spiro atoms. The van der Waals surface area contributed by atoms with Gasteiger partial charge in [0, 0.05) is 10.0 Å². The van der Waals surface area contributed by atoms with Gasteiger partial charge in [-0.15, -0.1) is 5.10 Å². The van der Waals surface area contributed by atoms with E-state index in [4.69, 9.17) is 9.47 Å². The smallest absolute Gasteiger partial charge is 0.291 e. The summed E-state index contributed by atoms with van der Waals surface area (Å²) in [6.45, 7) is 2.90. The van der Waals surface area contributed by atoms with E-state index in [2.05, 4.69) is 32.9 Å². The van der Waals surface area contributed by atoms with Crippen molar-refractivity contribution in [3.63, 3.8) is 0 Å². The van der Waals surface area contributed by atoms with Gasteiger partial charge in [-0.3, -0.25) is 4.79 Å². The molecule has 4 aromatic rings. The Morgan fingerprint density at radius 1 is 1.03 bits per heavy atom. The molecular weight excluding hydrogens is 514 g/mol.